The maximum Gasteiger partial charge on any atom is 0.227 e. The molecule has 0 saturated carbocycles. The van der Waals surface area contributed by atoms with Crippen LogP contribution < -0.4 is 0 Å². The largest absolute Gasteiger partial charge is 0.376 e. The van der Waals surface area contributed by atoms with Crippen molar-refractivity contribution in [2.24, 2.45) is 11.8 Å². The Labute approximate surface area is 135 Å². The maximum atomic E-state index is 6.01. The van der Waals surface area contributed by atoms with Crippen LogP contribution in [0.3, 0.4) is 0 Å². The summed E-state index contributed by atoms with van der Waals surface area (Å²) in [6, 6.07) is 0. The fourth-order valence-corrected chi connectivity index (χ4v) is 3.82. The topological polar surface area (TPSA) is 77.4 Å². The fourth-order valence-electron chi connectivity index (χ4n) is 3.82. The van der Waals surface area contributed by atoms with E-state index in [0.29, 0.717) is 23.8 Å². The van der Waals surface area contributed by atoms with E-state index in [0.717, 1.165) is 50.0 Å². The molecule has 2 aliphatic heterocycles. The van der Waals surface area contributed by atoms with Crippen LogP contribution >= 0.6 is 0 Å². The molecule has 7 nitrogen and oxygen atoms in total. The second-order valence-corrected chi connectivity index (χ2v) is 6.73. The van der Waals surface area contributed by atoms with Crippen LogP contribution in [0.4, 0.5) is 0 Å². The van der Waals surface area contributed by atoms with Crippen molar-refractivity contribution in [3.05, 3.63) is 28.7 Å². The van der Waals surface area contributed by atoms with Gasteiger partial charge in [-0.15, -0.1) is 0 Å². The third-order valence-corrected chi connectivity index (χ3v) is 5.08. The number of aryl methyl sites for hydroxylation is 3. The molecule has 2 saturated heterocycles. The van der Waals surface area contributed by atoms with Crippen molar-refractivity contribution in [1.29, 1.82) is 0 Å². The predicted octanol–water partition coefficient (Wildman–Crippen LogP) is 1.67. The zero-order valence-electron chi connectivity index (χ0n) is 13.8. The molecule has 0 radical (unpaired) electrons. The summed E-state index contributed by atoms with van der Waals surface area (Å²) in [6.45, 7) is 9.49. The number of nitrogens with zero attached hydrogens (tertiary/aromatic N) is 4. The van der Waals surface area contributed by atoms with Gasteiger partial charge in [-0.25, -0.2) is 0 Å². The molecule has 4 heterocycles. The van der Waals surface area contributed by atoms with Crippen LogP contribution in [-0.2, 0) is 17.7 Å². The maximum absolute atomic E-state index is 6.01. The Balaban J connectivity index is 1.41. The molecule has 0 N–H and O–H groups in total. The summed E-state index contributed by atoms with van der Waals surface area (Å²) >= 11 is 0. The SMILES string of the molecule is Cc1noc(C[C@@H]2CO[C@H]3CN(Cc4c(C)noc4C)C[C@@H]23)n1. The van der Waals surface area contributed by atoms with Gasteiger partial charge in [0.1, 0.15) is 5.76 Å². The first kappa shape index (κ1) is 14.8. The van der Waals surface area contributed by atoms with E-state index in [4.69, 9.17) is 13.8 Å². The van der Waals surface area contributed by atoms with E-state index in [2.05, 4.69) is 20.2 Å². The zero-order valence-corrected chi connectivity index (χ0v) is 13.8. The minimum atomic E-state index is 0.310. The van der Waals surface area contributed by atoms with Crippen LogP contribution in [0.15, 0.2) is 9.05 Å². The molecular weight excluding hydrogens is 296 g/mol. The Kier molecular flexibility index (Phi) is 3.69. The number of fused-ring (bicyclic) bond motifs is 1. The average molecular weight is 318 g/mol. The number of ether oxygens (including phenoxy) is 1. The standard InChI is InChI=1S/C16H22N4O3/c1-9-13(10(2)22-18-9)5-20-6-14-12(8-21-15(14)7-20)4-16-17-11(3)19-23-16/h12,14-15H,4-8H2,1-3H3/t12-,14+,15+/m1/s1. The van der Waals surface area contributed by atoms with Gasteiger partial charge in [0.05, 0.1) is 18.4 Å². The number of aromatic nitrogens is 3. The molecule has 124 valence electrons. The van der Waals surface area contributed by atoms with Gasteiger partial charge in [-0.1, -0.05) is 10.3 Å². The second-order valence-electron chi connectivity index (χ2n) is 6.73. The van der Waals surface area contributed by atoms with Crippen LogP contribution in [-0.4, -0.2) is 46.0 Å². The highest BCUT2D eigenvalue weighted by atomic mass is 16.5. The van der Waals surface area contributed by atoms with Crippen molar-refractivity contribution in [3.63, 3.8) is 0 Å². The first-order valence-corrected chi connectivity index (χ1v) is 8.15. The van der Waals surface area contributed by atoms with Gasteiger partial charge in [-0.3, -0.25) is 4.90 Å². The van der Waals surface area contributed by atoms with E-state index < -0.39 is 0 Å². The molecule has 2 aromatic rings. The van der Waals surface area contributed by atoms with Crippen LogP contribution in [0.5, 0.6) is 0 Å². The van der Waals surface area contributed by atoms with Gasteiger partial charge in [-0.2, -0.15) is 4.98 Å². The van der Waals surface area contributed by atoms with Crippen LogP contribution in [0.2, 0.25) is 0 Å². The molecule has 7 heteroatoms. The monoisotopic (exact) mass is 318 g/mol. The molecule has 0 unspecified atom stereocenters. The predicted molar refractivity (Wildman–Crippen MR) is 80.7 cm³/mol. The minimum Gasteiger partial charge on any atom is -0.376 e. The van der Waals surface area contributed by atoms with Gasteiger partial charge >= 0.3 is 0 Å². The number of hydrogen-bond donors (Lipinski definition) is 0. The van der Waals surface area contributed by atoms with E-state index in [9.17, 15) is 0 Å². The first-order chi connectivity index (χ1) is 11.1. The smallest absolute Gasteiger partial charge is 0.227 e. The molecule has 0 amide bonds. The van der Waals surface area contributed by atoms with Gasteiger partial charge in [0.25, 0.3) is 0 Å². The molecule has 0 bridgehead atoms. The lowest BCUT2D eigenvalue weighted by molar-refractivity contribution is 0.0934. The van der Waals surface area contributed by atoms with Crippen LogP contribution in [0, 0.1) is 32.6 Å². The summed E-state index contributed by atoms with van der Waals surface area (Å²) < 4.78 is 16.5. The summed E-state index contributed by atoms with van der Waals surface area (Å²) in [6.07, 6.45) is 1.12. The Hall–Kier alpha value is -1.73. The van der Waals surface area contributed by atoms with Crippen molar-refractivity contribution >= 4 is 0 Å². The third-order valence-electron chi connectivity index (χ3n) is 5.08. The Morgan fingerprint density at radius 1 is 1.13 bits per heavy atom. The molecule has 3 atom stereocenters. The normalized spacial score (nSPS) is 27.7. The Morgan fingerprint density at radius 3 is 2.70 bits per heavy atom. The summed E-state index contributed by atoms with van der Waals surface area (Å²) in [5.74, 6) is 3.32. The Morgan fingerprint density at radius 2 is 2.00 bits per heavy atom. The van der Waals surface area contributed by atoms with E-state index in [1.807, 2.05) is 20.8 Å². The number of likely N-dealkylation sites (tertiary alicyclic amines) is 1. The molecule has 2 aromatic heterocycles. The molecule has 4 rings (SSSR count). The third kappa shape index (κ3) is 2.79. The van der Waals surface area contributed by atoms with Crippen LogP contribution in [0.1, 0.15) is 28.7 Å². The lowest BCUT2D eigenvalue weighted by atomic mass is 9.90. The van der Waals surface area contributed by atoms with Gasteiger partial charge < -0.3 is 13.8 Å². The lowest BCUT2D eigenvalue weighted by Gasteiger charge is -2.18. The highest BCUT2D eigenvalue weighted by molar-refractivity contribution is 5.21. The fraction of sp³-hybridized carbons (Fsp3) is 0.688. The highest BCUT2D eigenvalue weighted by Crippen LogP contribution is 2.36. The first-order valence-electron chi connectivity index (χ1n) is 8.15. The molecule has 0 spiro atoms. The minimum absolute atomic E-state index is 0.310. The average Bonchev–Trinajstić information content (AvgIpc) is 3.24. The number of hydrogen-bond acceptors (Lipinski definition) is 7. The van der Waals surface area contributed by atoms with Gasteiger partial charge in [-0.05, 0) is 26.7 Å². The highest BCUT2D eigenvalue weighted by Gasteiger charge is 2.44. The zero-order chi connectivity index (χ0) is 16.0. The van der Waals surface area contributed by atoms with Crippen molar-refractivity contribution < 1.29 is 13.8 Å². The van der Waals surface area contributed by atoms with E-state index in [1.165, 1.54) is 5.56 Å². The van der Waals surface area contributed by atoms with Crippen LogP contribution in [0.25, 0.3) is 0 Å². The van der Waals surface area contributed by atoms with E-state index >= 15 is 0 Å². The summed E-state index contributed by atoms with van der Waals surface area (Å²) in [4.78, 5) is 6.76. The summed E-state index contributed by atoms with van der Waals surface area (Å²) in [7, 11) is 0. The van der Waals surface area contributed by atoms with E-state index in [1.54, 1.807) is 0 Å². The van der Waals surface area contributed by atoms with Crippen molar-refractivity contribution in [1.82, 2.24) is 20.2 Å². The molecular formula is C16H22N4O3. The molecule has 0 aliphatic carbocycles. The molecule has 23 heavy (non-hydrogen) atoms. The molecule has 2 aliphatic rings. The van der Waals surface area contributed by atoms with Crippen molar-refractivity contribution in [2.45, 2.75) is 39.8 Å². The summed E-state index contributed by atoms with van der Waals surface area (Å²) in [5, 5.41) is 7.92. The second kappa shape index (κ2) is 5.72. The quantitative estimate of drug-likeness (QED) is 0.848. The molecule has 2 fully saturated rings. The Bertz CT molecular complexity index is 676. The van der Waals surface area contributed by atoms with Gasteiger partial charge in [0, 0.05) is 37.5 Å². The molecule has 0 aromatic carbocycles. The van der Waals surface area contributed by atoms with Crippen molar-refractivity contribution in [2.75, 3.05) is 19.7 Å². The van der Waals surface area contributed by atoms with Gasteiger partial charge in [0.2, 0.25) is 5.89 Å². The van der Waals surface area contributed by atoms with Gasteiger partial charge in [0.15, 0.2) is 5.82 Å². The lowest BCUT2D eigenvalue weighted by Crippen LogP contribution is -2.25. The van der Waals surface area contributed by atoms with Crippen molar-refractivity contribution in [3.8, 4) is 0 Å². The number of rotatable bonds is 4. The summed E-state index contributed by atoms with van der Waals surface area (Å²) in [5.41, 5.74) is 2.19. The van der Waals surface area contributed by atoms with E-state index in [-0.39, 0.29) is 0 Å².